The summed E-state index contributed by atoms with van der Waals surface area (Å²) < 4.78 is 140. The smallest absolute Gasteiger partial charge is 0.394 e. The second-order valence-corrected chi connectivity index (χ2v) is 23.4. The maximum absolute atomic E-state index is 11.2. The van der Waals surface area contributed by atoms with Gasteiger partial charge >= 0.3 is 31.2 Å². The summed E-state index contributed by atoms with van der Waals surface area (Å²) in [6.07, 6.45) is -36.0. The molecule has 0 spiro atoms. The molecule has 2 saturated carbocycles. The third-order valence-corrected chi connectivity index (χ3v) is 14.4. The maximum atomic E-state index is 11.2. The predicted molar refractivity (Wildman–Crippen MR) is 304 cm³/mol. The standard InChI is InChI=1S/2C20H39N7O12.3H2O4S.H2O/c2*1-4-20(35,3-28)14(38-16-7(25-2)10(31)12(33)15(34)39-16)17(36-4)37-13-6(27-19(23)24)8(29)5(26-18(21)22)9(30)11(13)32;3*1-5(2,3)4;/h2*4-17,25,28-35H,3H2,1-2H3,(H4,21,22,26)(H4,23,24,27);3*(H2,1,2,3,4);1H2/t2*4-,5+,6-,7-,8+,9-,10-,11+,12+,13+,14-,15+,16+,17-,20+;;;;/m00..../s1. The van der Waals surface area contributed by atoms with Crippen LogP contribution in [0.1, 0.15) is 13.8 Å². The Labute approximate surface area is 531 Å². The number of hydrogen-bond donors (Lipinski definition) is 32. The van der Waals surface area contributed by atoms with Gasteiger partial charge in [-0.05, 0) is 27.9 Å². The van der Waals surface area contributed by atoms with Crippen LogP contribution in [0.3, 0.4) is 0 Å². The molecule has 2 aliphatic carbocycles. The van der Waals surface area contributed by atoms with Crippen molar-refractivity contribution in [3.05, 3.63) is 0 Å². The molecule has 0 unspecified atom stereocenters. The second-order valence-electron chi connectivity index (χ2n) is 20.8. The fourth-order valence-corrected chi connectivity index (χ4v) is 9.87. The Balaban J connectivity index is 0.000000764. The predicted octanol–water partition coefficient (Wildman–Crippen LogP) is -19.6. The third-order valence-electron chi connectivity index (χ3n) is 14.4. The highest BCUT2D eigenvalue weighted by molar-refractivity contribution is 7.80. The summed E-state index contributed by atoms with van der Waals surface area (Å²) in [5, 5.41) is 173. The molecule has 0 aromatic carbocycles. The number of guanidine groups is 4. The zero-order valence-electron chi connectivity index (χ0n) is 49.3. The molecule has 556 valence electrons. The first kappa shape index (κ1) is 87.6. The van der Waals surface area contributed by atoms with Crippen LogP contribution in [-0.4, -0.2) is 374 Å². The summed E-state index contributed by atoms with van der Waals surface area (Å²) in [5.74, 6) is -2.03. The molecule has 0 aromatic heterocycles. The van der Waals surface area contributed by atoms with Crippen molar-refractivity contribution in [1.82, 2.24) is 10.6 Å². The highest BCUT2D eigenvalue weighted by atomic mass is 32.3. The van der Waals surface area contributed by atoms with E-state index in [1.165, 1.54) is 27.9 Å². The van der Waals surface area contributed by atoms with Crippen LogP contribution >= 0.6 is 0 Å². The third kappa shape index (κ3) is 24.0. The Morgan fingerprint density at radius 2 is 0.649 bits per heavy atom. The van der Waals surface area contributed by atoms with Crippen LogP contribution in [-0.2, 0) is 69.1 Å². The molecule has 94 heavy (non-hydrogen) atoms. The van der Waals surface area contributed by atoms with Crippen molar-refractivity contribution in [2.24, 2.45) is 65.8 Å². The number of aliphatic imine (C=N–C) groups is 4. The molecule has 4 heterocycles. The van der Waals surface area contributed by atoms with Crippen molar-refractivity contribution >= 4 is 55.0 Å². The van der Waals surface area contributed by atoms with Gasteiger partial charge in [0.05, 0.1) is 37.5 Å². The zero-order chi connectivity index (χ0) is 72.3. The lowest BCUT2D eigenvalue weighted by molar-refractivity contribution is -0.346. The Hall–Kier alpha value is -4.39. The minimum Gasteiger partial charge on any atom is -0.412 e. The molecular weight excluding hydrogens is 1360 g/mol. The van der Waals surface area contributed by atoms with Gasteiger partial charge in [0.2, 0.25) is 0 Å². The Morgan fingerprint density at radius 1 is 0.404 bits per heavy atom. The van der Waals surface area contributed by atoms with E-state index in [0.717, 1.165) is 0 Å². The van der Waals surface area contributed by atoms with E-state index in [1.54, 1.807) is 0 Å². The number of likely N-dealkylation sites (N-methyl/N-ethyl adjacent to an activating group) is 2. The van der Waals surface area contributed by atoms with Gasteiger partial charge in [0.1, 0.15) is 121 Å². The normalized spacial score (nSPS) is 42.1. The molecule has 54 heteroatoms. The quantitative estimate of drug-likeness (QED) is 0.0388. The van der Waals surface area contributed by atoms with Crippen molar-refractivity contribution in [2.75, 3.05) is 27.3 Å². The van der Waals surface area contributed by atoms with Gasteiger partial charge in [-0.2, -0.15) is 25.3 Å². The van der Waals surface area contributed by atoms with Crippen molar-refractivity contribution in [2.45, 2.75) is 197 Å². The fraction of sp³-hybridized carbons (Fsp3) is 0.900. The van der Waals surface area contributed by atoms with Crippen molar-refractivity contribution in [1.29, 1.82) is 0 Å². The van der Waals surface area contributed by atoms with Crippen LogP contribution in [0.2, 0.25) is 0 Å². The summed E-state index contributed by atoms with van der Waals surface area (Å²) >= 11 is 0. The molecule has 6 fully saturated rings. The molecule has 0 radical (unpaired) electrons. The van der Waals surface area contributed by atoms with Crippen LogP contribution in [0, 0.1) is 0 Å². The lowest BCUT2D eigenvalue weighted by atomic mass is 9.81. The Bertz CT molecular complexity index is 2590. The van der Waals surface area contributed by atoms with E-state index in [2.05, 4.69) is 30.6 Å². The number of hydrogen-bond acceptors (Lipinski definition) is 36. The average Bonchev–Trinajstić information content (AvgIpc) is 1.53. The van der Waals surface area contributed by atoms with E-state index in [9.17, 15) is 81.7 Å². The van der Waals surface area contributed by atoms with Gasteiger partial charge < -0.3 is 182 Å². The Morgan fingerprint density at radius 3 is 0.872 bits per heavy atom. The number of ether oxygens (including phenoxy) is 8. The summed E-state index contributed by atoms with van der Waals surface area (Å²) in [5.41, 5.74) is 39.2. The van der Waals surface area contributed by atoms with Gasteiger partial charge in [-0.3, -0.25) is 27.3 Å². The minimum absolute atomic E-state index is 0. The number of nitrogens with two attached hydrogens (primary N) is 8. The lowest BCUT2D eigenvalue weighted by Gasteiger charge is -2.45. The van der Waals surface area contributed by atoms with Crippen molar-refractivity contribution in [3.63, 3.8) is 0 Å². The van der Waals surface area contributed by atoms with Crippen LogP contribution in [0.5, 0.6) is 0 Å². The molecule has 51 nitrogen and oxygen atoms in total. The first-order chi connectivity index (χ1) is 42.3. The second kappa shape index (κ2) is 35.9. The molecule has 6 rings (SSSR count). The number of rotatable bonds is 16. The van der Waals surface area contributed by atoms with Gasteiger partial charge in [0.25, 0.3) is 0 Å². The largest absolute Gasteiger partial charge is 0.412 e. The minimum atomic E-state index is -4.67. The maximum Gasteiger partial charge on any atom is 0.394 e. The molecule has 0 amide bonds. The summed E-state index contributed by atoms with van der Waals surface area (Å²) in [7, 11) is -11.2. The van der Waals surface area contributed by atoms with E-state index in [4.69, 9.17) is 136 Å². The van der Waals surface area contributed by atoms with Crippen molar-refractivity contribution < 1.29 is 178 Å². The average molecular weight is 1450 g/mol. The number of aliphatic hydroxyl groups is 16. The molecule has 4 aliphatic heterocycles. The molecule has 0 bridgehead atoms. The van der Waals surface area contributed by atoms with E-state index < -0.39 is 251 Å². The zero-order valence-corrected chi connectivity index (χ0v) is 51.7. The van der Waals surface area contributed by atoms with Crippen LogP contribution < -0.4 is 56.5 Å². The van der Waals surface area contributed by atoms with Crippen LogP contribution in [0.15, 0.2) is 20.0 Å². The van der Waals surface area contributed by atoms with E-state index in [1.807, 2.05) is 0 Å². The van der Waals surface area contributed by atoms with Gasteiger partial charge in [-0.15, -0.1) is 0 Å². The number of nitrogens with zero attached hydrogens (tertiary/aromatic N) is 4. The Kier molecular flexibility index (Phi) is 33.5. The number of nitrogens with one attached hydrogen (secondary N) is 2. The first-order valence-electron chi connectivity index (χ1n) is 26.2. The molecule has 0 aromatic rings. The molecule has 4 saturated heterocycles. The fourth-order valence-electron chi connectivity index (χ4n) is 9.87. The van der Waals surface area contributed by atoms with Gasteiger partial charge in [0, 0.05) is 0 Å². The highest BCUT2D eigenvalue weighted by Gasteiger charge is 2.63. The highest BCUT2D eigenvalue weighted by Crippen LogP contribution is 2.41. The van der Waals surface area contributed by atoms with Crippen LogP contribution in [0.25, 0.3) is 0 Å². The van der Waals surface area contributed by atoms with Gasteiger partial charge in [-0.25, -0.2) is 20.0 Å². The SMILES string of the molecule is CN[C@@H]1[C@H](O[C@H]2[C@H](O[C@H]3[C@H](O)[C@@H](O)[C@H](N=C(N)N)[C@@H](O)[C@@H]3N=C(N)N)O[C@@H](C)[C@]2(O)CO)O[C@@H](O)[C@H](O)[C@H]1O.CN[C@@H]1[C@H](O[C@H]2[C@H](O[C@H]3[C@H](O)[C@@H](O)[C@H](N=C(N)N)[C@@H](O)[C@@H]3N=C(N)N)O[C@@H](C)[C@]2(O)CO)O[C@@H](O)[C@H](O)[C@H]1O.O.O=S(=O)(O)O.O=S(=O)(O)O.O=S(=O)(O)O. The molecular formula is C40H86N14O37S3. The van der Waals surface area contributed by atoms with E-state index in [-0.39, 0.29) is 5.48 Å². The summed E-state index contributed by atoms with van der Waals surface area (Å²) in [4.78, 5) is 15.3. The van der Waals surface area contributed by atoms with E-state index in [0.29, 0.717) is 0 Å². The van der Waals surface area contributed by atoms with E-state index >= 15 is 0 Å². The van der Waals surface area contributed by atoms with Gasteiger partial charge in [-0.1, -0.05) is 0 Å². The molecule has 42 N–H and O–H groups in total. The van der Waals surface area contributed by atoms with Gasteiger partial charge in [0.15, 0.2) is 61.6 Å². The monoisotopic (exact) mass is 1450 g/mol. The summed E-state index contributed by atoms with van der Waals surface area (Å²) in [6, 6.07) is -8.13. The van der Waals surface area contributed by atoms with Crippen molar-refractivity contribution in [3.8, 4) is 0 Å². The molecule has 30 atom stereocenters. The summed E-state index contributed by atoms with van der Waals surface area (Å²) in [6.45, 7) is 0.908. The van der Waals surface area contributed by atoms with Crippen LogP contribution in [0.4, 0.5) is 0 Å². The lowest BCUT2D eigenvalue weighted by Crippen LogP contribution is -2.66. The first-order valence-corrected chi connectivity index (χ1v) is 30.4. The molecule has 6 aliphatic rings. The number of aliphatic hydroxyl groups excluding tert-OH is 14. The topological polar surface area (TPSA) is 934 Å².